The summed E-state index contributed by atoms with van der Waals surface area (Å²) < 4.78 is 5.37. The molecule has 6 nitrogen and oxygen atoms in total. The first-order chi connectivity index (χ1) is 9.83. The predicted molar refractivity (Wildman–Crippen MR) is 75.0 cm³/mol. The molecule has 3 rings (SSSR count). The van der Waals surface area contributed by atoms with Crippen molar-refractivity contribution in [2.45, 2.75) is 19.9 Å². The first-order valence-electron chi connectivity index (χ1n) is 6.99. The Labute approximate surface area is 118 Å². The van der Waals surface area contributed by atoms with Crippen molar-refractivity contribution in [1.82, 2.24) is 25.3 Å². The van der Waals surface area contributed by atoms with Crippen molar-refractivity contribution in [3.63, 3.8) is 0 Å². The summed E-state index contributed by atoms with van der Waals surface area (Å²) in [6, 6.07) is 1.95. The van der Waals surface area contributed by atoms with Crippen molar-refractivity contribution in [1.29, 1.82) is 0 Å². The van der Waals surface area contributed by atoms with Crippen LogP contribution in [-0.2, 0) is 6.54 Å². The van der Waals surface area contributed by atoms with E-state index >= 15 is 0 Å². The molecule has 2 aromatic heterocycles. The summed E-state index contributed by atoms with van der Waals surface area (Å²) in [5, 5.41) is 7.45. The Morgan fingerprint density at radius 1 is 1.35 bits per heavy atom. The quantitative estimate of drug-likeness (QED) is 0.907. The Morgan fingerprint density at radius 2 is 2.30 bits per heavy atom. The van der Waals surface area contributed by atoms with Crippen LogP contribution < -0.4 is 5.32 Å². The molecule has 1 fully saturated rings. The highest BCUT2D eigenvalue weighted by Crippen LogP contribution is 2.19. The lowest BCUT2D eigenvalue weighted by Crippen LogP contribution is -2.27. The zero-order valence-corrected chi connectivity index (χ0v) is 11.7. The molecule has 1 saturated heterocycles. The van der Waals surface area contributed by atoms with Crippen LogP contribution in [0.2, 0.25) is 0 Å². The molecular formula is C14H19N5O. The minimum Gasteiger partial charge on any atom is -0.338 e. The van der Waals surface area contributed by atoms with E-state index in [0.29, 0.717) is 18.3 Å². The van der Waals surface area contributed by atoms with Gasteiger partial charge in [0.05, 0.1) is 6.54 Å². The number of nitrogens with one attached hydrogen (secondary N) is 1. The second-order valence-corrected chi connectivity index (χ2v) is 5.08. The van der Waals surface area contributed by atoms with Crippen LogP contribution in [0.3, 0.4) is 0 Å². The summed E-state index contributed by atoms with van der Waals surface area (Å²) in [5.74, 6) is 1.30. The molecule has 3 heterocycles. The average molecular weight is 273 g/mol. The maximum absolute atomic E-state index is 5.37. The Hall–Kier alpha value is -1.79. The zero-order chi connectivity index (χ0) is 13.8. The molecule has 6 heteroatoms. The van der Waals surface area contributed by atoms with Gasteiger partial charge in [0.2, 0.25) is 11.7 Å². The molecule has 1 N–H and O–H groups in total. The minimum atomic E-state index is 0.624. The fraction of sp³-hybridized carbons (Fsp3) is 0.500. The zero-order valence-electron chi connectivity index (χ0n) is 11.7. The molecule has 2 aromatic rings. The first-order valence-corrected chi connectivity index (χ1v) is 6.99. The lowest BCUT2D eigenvalue weighted by atomic mass is 10.1. The largest absolute Gasteiger partial charge is 0.338 e. The van der Waals surface area contributed by atoms with Gasteiger partial charge in [-0.25, -0.2) is 0 Å². The third-order valence-corrected chi connectivity index (χ3v) is 3.54. The van der Waals surface area contributed by atoms with E-state index in [2.05, 4.69) is 25.3 Å². The highest BCUT2D eigenvalue weighted by atomic mass is 16.5. The molecule has 0 aliphatic carbocycles. The van der Waals surface area contributed by atoms with Crippen molar-refractivity contribution in [2.24, 2.45) is 0 Å². The number of rotatable bonds is 3. The molecule has 20 heavy (non-hydrogen) atoms. The molecule has 1 aliphatic heterocycles. The van der Waals surface area contributed by atoms with Crippen molar-refractivity contribution >= 4 is 0 Å². The van der Waals surface area contributed by atoms with E-state index in [0.717, 1.165) is 43.7 Å². The van der Waals surface area contributed by atoms with Gasteiger partial charge in [0.1, 0.15) is 0 Å². The Bertz CT molecular complexity index is 560. The van der Waals surface area contributed by atoms with Crippen LogP contribution in [-0.4, -0.2) is 46.2 Å². The normalized spacial score (nSPS) is 17.1. The number of aromatic nitrogens is 3. The van der Waals surface area contributed by atoms with Gasteiger partial charge in [-0.2, -0.15) is 4.98 Å². The van der Waals surface area contributed by atoms with E-state index in [4.69, 9.17) is 4.52 Å². The standard InChI is InChI=1S/C14H19N5O/c1-11-3-5-16-9-12(11)14-17-13(20-18-14)10-19-7-2-4-15-6-8-19/h3,5,9,15H,2,4,6-8,10H2,1H3. The molecule has 106 valence electrons. The maximum Gasteiger partial charge on any atom is 0.241 e. The van der Waals surface area contributed by atoms with Crippen molar-refractivity contribution in [2.75, 3.05) is 26.2 Å². The summed E-state index contributed by atoms with van der Waals surface area (Å²) in [6.07, 6.45) is 4.70. The molecule has 0 amide bonds. The Balaban J connectivity index is 1.72. The topological polar surface area (TPSA) is 67.1 Å². The SMILES string of the molecule is Cc1ccncc1-c1noc(CN2CCCNCC2)n1. The van der Waals surface area contributed by atoms with Gasteiger partial charge >= 0.3 is 0 Å². The average Bonchev–Trinajstić information content (AvgIpc) is 2.75. The molecular weight excluding hydrogens is 254 g/mol. The van der Waals surface area contributed by atoms with Crippen LogP contribution in [0.1, 0.15) is 17.9 Å². The summed E-state index contributed by atoms with van der Waals surface area (Å²) in [4.78, 5) is 10.9. The van der Waals surface area contributed by atoms with E-state index < -0.39 is 0 Å². The lowest BCUT2D eigenvalue weighted by molar-refractivity contribution is 0.239. The van der Waals surface area contributed by atoms with Gasteiger partial charge in [-0.1, -0.05) is 5.16 Å². The summed E-state index contributed by atoms with van der Waals surface area (Å²) in [6.45, 7) is 6.92. The molecule has 0 radical (unpaired) electrons. The van der Waals surface area contributed by atoms with Crippen LogP contribution in [0.25, 0.3) is 11.4 Å². The smallest absolute Gasteiger partial charge is 0.241 e. The van der Waals surface area contributed by atoms with E-state index in [1.165, 1.54) is 0 Å². The van der Waals surface area contributed by atoms with Gasteiger partial charge < -0.3 is 9.84 Å². The number of pyridine rings is 1. The van der Waals surface area contributed by atoms with Gasteiger partial charge in [-0.05, 0) is 38.1 Å². The highest BCUT2D eigenvalue weighted by Gasteiger charge is 2.15. The van der Waals surface area contributed by atoms with Crippen LogP contribution in [0.15, 0.2) is 23.0 Å². The van der Waals surface area contributed by atoms with Gasteiger partial charge in [-0.15, -0.1) is 0 Å². The van der Waals surface area contributed by atoms with Crippen LogP contribution in [0.4, 0.5) is 0 Å². The fourth-order valence-corrected chi connectivity index (χ4v) is 2.38. The van der Waals surface area contributed by atoms with Crippen LogP contribution in [0.5, 0.6) is 0 Å². The number of nitrogens with zero attached hydrogens (tertiary/aromatic N) is 4. The third kappa shape index (κ3) is 3.02. The van der Waals surface area contributed by atoms with E-state index in [9.17, 15) is 0 Å². The number of aryl methyl sites for hydroxylation is 1. The van der Waals surface area contributed by atoms with Crippen molar-refractivity contribution in [3.8, 4) is 11.4 Å². The molecule has 0 unspecified atom stereocenters. The predicted octanol–water partition coefficient (Wildman–Crippen LogP) is 1.24. The maximum atomic E-state index is 5.37. The molecule has 0 saturated carbocycles. The minimum absolute atomic E-state index is 0.624. The lowest BCUT2D eigenvalue weighted by Gasteiger charge is -2.16. The highest BCUT2D eigenvalue weighted by molar-refractivity contribution is 5.57. The van der Waals surface area contributed by atoms with Crippen molar-refractivity contribution < 1.29 is 4.52 Å². The molecule has 0 spiro atoms. The van der Waals surface area contributed by atoms with Crippen LogP contribution >= 0.6 is 0 Å². The second-order valence-electron chi connectivity index (χ2n) is 5.08. The molecule has 1 aliphatic rings. The van der Waals surface area contributed by atoms with Gasteiger partial charge in [0.15, 0.2) is 0 Å². The second kappa shape index (κ2) is 6.11. The molecule has 0 atom stereocenters. The van der Waals surface area contributed by atoms with E-state index in [1.54, 1.807) is 12.4 Å². The molecule has 0 bridgehead atoms. The Kier molecular flexibility index (Phi) is 4.03. The van der Waals surface area contributed by atoms with Gasteiger partial charge in [0.25, 0.3) is 0 Å². The number of hydrogen-bond acceptors (Lipinski definition) is 6. The monoisotopic (exact) mass is 273 g/mol. The van der Waals surface area contributed by atoms with Crippen molar-refractivity contribution in [3.05, 3.63) is 29.9 Å². The summed E-state index contributed by atoms with van der Waals surface area (Å²) in [5.41, 5.74) is 2.03. The van der Waals surface area contributed by atoms with Crippen LogP contribution in [0, 0.1) is 6.92 Å². The fourth-order valence-electron chi connectivity index (χ4n) is 2.38. The molecule has 0 aromatic carbocycles. The number of hydrogen-bond donors (Lipinski definition) is 1. The van der Waals surface area contributed by atoms with E-state index in [-0.39, 0.29) is 0 Å². The summed E-state index contributed by atoms with van der Waals surface area (Å²) >= 11 is 0. The Morgan fingerprint density at radius 3 is 3.20 bits per heavy atom. The third-order valence-electron chi connectivity index (χ3n) is 3.54. The van der Waals surface area contributed by atoms with Gasteiger partial charge in [0, 0.05) is 31.0 Å². The van der Waals surface area contributed by atoms with Gasteiger partial charge in [-0.3, -0.25) is 9.88 Å². The summed E-state index contributed by atoms with van der Waals surface area (Å²) in [7, 11) is 0. The first kappa shape index (κ1) is 13.2. The van der Waals surface area contributed by atoms with E-state index in [1.807, 2.05) is 13.0 Å².